The third-order valence-electron chi connectivity index (χ3n) is 4.49. The lowest BCUT2D eigenvalue weighted by atomic mass is 10.1. The first-order valence-electron chi connectivity index (χ1n) is 9.52. The Hall–Kier alpha value is -3.61. The summed E-state index contributed by atoms with van der Waals surface area (Å²) >= 11 is 0. The van der Waals surface area contributed by atoms with Crippen molar-refractivity contribution in [1.29, 1.82) is 0 Å². The number of aryl methyl sites for hydroxylation is 2. The summed E-state index contributed by atoms with van der Waals surface area (Å²) in [5, 5.41) is 6.12. The Morgan fingerprint density at radius 2 is 1.86 bits per heavy atom. The molecule has 0 aliphatic carbocycles. The number of fused-ring (bicyclic) bond motifs is 1. The number of ether oxygens (including phenoxy) is 2. The number of benzene rings is 2. The van der Waals surface area contributed by atoms with Crippen molar-refractivity contribution in [2.75, 3.05) is 24.0 Å². The monoisotopic (exact) mass is 390 g/mol. The molecule has 0 fully saturated rings. The fourth-order valence-electron chi connectivity index (χ4n) is 3.10. The number of carbonyl (C=O) groups excluding carboxylic acids is 1. The molecule has 2 N–H and O–H groups in total. The van der Waals surface area contributed by atoms with Gasteiger partial charge in [0.1, 0.15) is 17.3 Å². The largest absolute Gasteiger partial charge is 0.454 e. The van der Waals surface area contributed by atoms with E-state index in [2.05, 4.69) is 32.7 Å². The van der Waals surface area contributed by atoms with Gasteiger partial charge in [-0.1, -0.05) is 30.3 Å². The molecule has 7 heteroatoms. The third kappa shape index (κ3) is 4.82. The summed E-state index contributed by atoms with van der Waals surface area (Å²) in [6, 6.07) is 17.3. The first-order chi connectivity index (χ1) is 14.2. The van der Waals surface area contributed by atoms with E-state index in [1.54, 1.807) is 31.2 Å². The second kappa shape index (κ2) is 8.60. The van der Waals surface area contributed by atoms with Crippen LogP contribution in [-0.2, 0) is 6.42 Å². The van der Waals surface area contributed by atoms with E-state index in [1.807, 2.05) is 18.2 Å². The number of rotatable bonds is 7. The highest BCUT2D eigenvalue weighted by Crippen LogP contribution is 2.34. The van der Waals surface area contributed by atoms with Gasteiger partial charge in [0.25, 0.3) is 5.91 Å². The van der Waals surface area contributed by atoms with Crippen LogP contribution in [0.15, 0.2) is 54.6 Å². The van der Waals surface area contributed by atoms with Crippen molar-refractivity contribution in [3.63, 3.8) is 0 Å². The van der Waals surface area contributed by atoms with Crippen LogP contribution < -0.4 is 20.1 Å². The van der Waals surface area contributed by atoms with Crippen molar-refractivity contribution < 1.29 is 14.3 Å². The van der Waals surface area contributed by atoms with Gasteiger partial charge in [0.05, 0.1) is 0 Å². The number of hydrogen-bond acceptors (Lipinski definition) is 6. The van der Waals surface area contributed by atoms with Gasteiger partial charge < -0.3 is 20.1 Å². The molecule has 0 unspecified atom stereocenters. The fourth-order valence-corrected chi connectivity index (χ4v) is 3.10. The van der Waals surface area contributed by atoms with Crippen LogP contribution in [0.25, 0.3) is 0 Å². The van der Waals surface area contributed by atoms with Gasteiger partial charge in [-0.25, -0.2) is 9.97 Å². The number of nitrogens with one attached hydrogen (secondary N) is 2. The number of aromatic nitrogens is 2. The number of nitrogens with zero attached hydrogens (tertiary/aromatic N) is 2. The van der Waals surface area contributed by atoms with Gasteiger partial charge in [-0.3, -0.25) is 4.79 Å². The topological polar surface area (TPSA) is 85.4 Å². The molecule has 29 heavy (non-hydrogen) atoms. The summed E-state index contributed by atoms with van der Waals surface area (Å²) in [4.78, 5) is 21.3. The summed E-state index contributed by atoms with van der Waals surface area (Å²) < 4.78 is 10.6. The van der Waals surface area contributed by atoms with Crippen LogP contribution in [0.2, 0.25) is 0 Å². The van der Waals surface area contributed by atoms with Crippen LogP contribution in [0.4, 0.5) is 11.5 Å². The van der Waals surface area contributed by atoms with E-state index in [0.29, 0.717) is 34.5 Å². The smallest absolute Gasteiger partial charge is 0.274 e. The van der Waals surface area contributed by atoms with Crippen molar-refractivity contribution in [2.24, 2.45) is 0 Å². The zero-order valence-electron chi connectivity index (χ0n) is 16.1. The molecule has 0 spiro atoms. The number of carbonyl (C=O) groups is 1. The van der Waals surface area contributed by atoms with Crippen LogP contribution in [0, 0.1) is 6.92 Å². The summed E-state index contributed by atoms with van der Waals surface area (Å²) in [5.41, 5.74) is 2.23. The van der Waals surface area contributed by atoms with E-state index in [9.17, 15) is 4.79 Å². The second-order valence-electron chi connectivity index (χ2n) is 6.72. The summed E-state index contributed by atoms with van der Waals surface area (Å²) in [6.07, 6.45) is 1.95. The van der Waals surface area contributed by atoms with Crippen molar-refractivity contribution in [3.05, 3.63) is 71.7 Å². The Morgan fingerprint density at radius 1 is 1.03 bits per heavy atom. The van der Waals surface area contributed by atoms with Gasteiger partial charge in [0, 0.05) is 24.4 Å². The lowest BCUT2D eigenvalue weighted by Gasteiger charge is -2.10. The van der Waals surface area contributed by atoms with Gasteiger partial charge in [0.15, 0.2) is 11.5 Å². The van der Waals surface area contributed by atoms with Crippen LogP contribution in [0.1, 0.15) is 28.3 Å². The minimum absolute atomic E-state index is 0.192. The highest BCUT2D eigenvalue weighted by Gasteiger charge is 2.16. The average molecular weight is 390 g/mol. The minimum Gasteiger partial charge on any atom is -0.454 e. The Balaban J connectivity index is 1.36. The molecule has 2 aromatic carbocycles. The number of hydrogen-bond donors (Lipinski definition) is 2. The Bertz CT molecular complexity index is 1010. The van der Waals surface area contributed by atoms with Gasteiger partial charge in [-0.05, 0) is 37.5 Å². The van der Waals surface area contributed by atoms with E-state index in [0.717, 1.165) is 19.4 Å². The van der Waals surface area contributed by atoms with E-state index in [-0.39, 0.29) is 12.7 Å². The normalized spacial score (nSPS) is 11.9. The Labute approximate surface area is 169 Å². The van der Waals surface area contributed by atoms with E-state index in [1.165, 1.54) is 5.56 Å². The van der Waals surface area contributed by atoms with E-state index >= 15 is 0 Å². The van der Waals surface area contributed by atoms with Crippen LogP contribution >= 0.6 is 0 Å². The summed E-state index contributed by atoms with van der Waals surface area (Å²) in [5.74, 6) is 2.15. The quantitative estimate of drug-likeness (QED) is 0.597. The summed E-state index contributed by atoms with van der Waals surface area (Å²) in [7, 11) is 0. The highest BCUT2D eigenvalue weighted by molar-refractivity contribution is 6.03. The third-order valence-corrected chi connectivity index (χ3v) is 4.49. The first kappa shape index (κ1) is 18.7. The maximum Gasteiger partial charge on any atom is 0.274 e. The van der Waals surface area contributed by atoms with E-state index < -0.39 is 0 Å². The fraction of sp³-hybridized carbons (Fsp3) is 0.227. The molecule has 0 bridgehead atoms. The van der Waals surface area contributed by atoms with Crippen molar-refractivity contribution in [3.8, 4) is 11.5 Å². The molecule has 1 aliphatic heterocycles. The molecular formula is C22H22N4O3. The maximum atomic E-state index is 12.6. The molecule has 0 radical (unpaired) electrons. The molecule has 7 nitrogen and oxygen atoms in total. The average Bonchev–Trinajstić information content (AvgIpc) is 3.19. The molecule has 0 atom stereocenters. The Morgan fingerprint density at radius 3 is 2.72 bits per heavy atom. The lowest BCUT2D eigenvalue weighted by Crippen LogP contribution is -2.16. The van der Waals surface area contributed by atoms with Crippen molar-refractivity contribution >= 4 is 17.4 Å². The SMILES string of the molecule is Cc1nc(NCCCc2ccccc2)cc(C(=O)Nc2ccc3c(c2)OCO3)n1. The standard InChI is InChI=1S/C22H22N4O3/c1-15-24-18(22(27)26-17-9-10-19-20(12-17)29-14-28-19)13-21(25-15)23-11-5-8-16-6-3-2-4-7-16/h2-4,6-7,9-10,12-13H,5,8,11,14H2,1H3,(H,26,27)(H,23,24,25). The second-order valence-corrected chi connectivity index (χ2v) is 6.72. The molecule has 1 amide bonds. The zero-order chi connectivity index (χ0) is 20.1. The van der Waals surface area contributed by atoms with Gasteiger partial charge in [-0.2, -0.15) is 0 Å². The highest BCUT2D eigenvalue weighted by atomic mass is 16.7. The molecular weight excluding hydrogens is 368 g/mol. The van der Waals surface area contributed by atoms with Gasteiger partial charge >= 0.3 is 0 Å². The first-order valence-corrected chi connectivity index (χ1v) is 9.52. The molecule has 2 heterocycles. The predicted molar refractivity (Wildman–Crippen MR) is 111 cm³/mol. The predicted octanol–water partition coefficient (Wildman–Crippen LogP) is 3.81. The maximum absolute atomic E-state index is 12.6. The minimum atomic E-state index is -0.304. The van der Waals surface area contributed by atoms with Gasteiger partial charge in [-0.15, -0.1) is 0 Å². The molecule has 1 aliphatic rings. The molecule has 148 valence electrons. The molecule has 4 rings (SSSR count). The Kier molecular flexibility index (Phi) is 5.56. The molecule has 3 aromatic rings. The number of amides is 1. The van der Waals surface area contributed by atoms with E-state index in [4.69, 9.17) is 9.47 Å². The zero-order valence-corrected chi connectivity index (χ0v) is 16.1. The molecule has 0 saturated heterocycles. The van der Waals surface area contributed by atoms with Crippen molar-refractivity contribution in [1.82, 2.24) is 9.97 Å². The lowest BCUT2D eigenvalue weighted by molar-refractivity contribution is 0.102. The summed E-state index contributed by atoms with van der Waals surface area (Å²) in [6.45, 7) is 2.72. The van der Waals surface area contributed by atoms with Gasteiger partial charge in [0.2, 0.25) is 6.79 Å². The number of anilines is 2. The van der Waals surface area contributed by atoms with Crippen LogP contribution in [-0.4, -0.2) is 29.2 Å². The van der Waals surface area contributed by atoms with Crippen molar-refractivity contribution in [2.45, 2.75) is 19.8 Å². The van der Waals surface area contributed by atoms with Crippen LogP contribution in [0.3, 0.4) is 0 Å². The molecule has 0 saturated carbocycles. The van der Waals surface area contributed by atoms with Crippen LogP contribution in [0.5, 0.6) is 11.5 Å². The molecule has 1 aromatic heterocycles.